The predicted molar refractivity (Wildman–Crippen MR) is 152 cm³/mol. The summed E-state index contributed by atoms with van der Waals surface area (Å²) in [7, 11) is 5.05. The number of esters is 1. The average molecular weight is 585 g/mol. The number of likely N-dealkylation sites (N-methyl/N-ethyl adjacent to an activating group) is 1. The van der Waals surface area contributed by atoms with E-state index in [1.165, 1.54) is 6.92 Å². The van der Waals surface area contributed by atoms with Gasteiger partial charge < -0.3 is 34.5 Å². The number of amides is 1. The van der Waals surface area contributed by atoms with Crippen molar-refractivity contribution in [2.75, 3.05) is 39.7 Å². The van der Waals surface area contributed by atoms with Crippen molar-refractivity contribution >= 4 is 17.6 Å². The highest BCUT2D eigenvalue weighted by atomic mass is 16.6. The molecule has 6 aliphatic rings. The molecule has 1 saturated heterocycles. The maximum atomic E-state index is 14.0. The molecule has 10 nitrogen and oxygen atoms in total. The molecule has 1 heterocycles. The standard InChI is InChI=1S/C32H44N2O8/c1-6-34-16-29(42-28(36)18-9-7-8-10-21(18)33-17(2)35)12-11-25(40-4)31-23(29)14-20(26(31)34)30(37)15-22(39-3)19-13-24(31)32(30,38)27(19)41-5/h7-10,19-20,22-27,37-38H,6,11-16H2,1-5H3,(H,33,35)/t19?,20?,22?,23?,24?,25?,26-,27-,29+,30-,31?,32+/m0/s1. The Bertz CT molecular complexity index is 1290. The minimum atomic E-state index is -1.48. The number of fused-ring (bicyclic) bond motifs is 2. The highest BCUT2D eigenvalue weighted by Gasteiger charge is 2.89. The fraction of sp³-hybridized carbons (Fsp3) is 0.750. The molecular weight excluding hydrogens is 540 g/mol. The van der Waals surface area contributed by atoms with Crippen LogP contribution in [0.2, 0.25) is 0 Å². The molecule has 6 fully saturated rings. The Morgan fingerprint density at radius 1 is 1.07 bits per heavy atom. The van der Waals surface area contributed by atoms with E-state index in [4.69, 9.17) is 18.9 Å². The lowest BCUT2D eigenvalue weighted by atomic mass is 9.44. The van der Waals surface area contributed by atoms with Gasteiger partial charge in [-0.05, 0) is 44.4 Å². The number of benzene rings is 1. The Kier molecular flexibility index (Phi) is 6.46. The number of anilines is 1. The van der Waals surface area contributed by atoms with Gasteiger partial charge in [0.25, 0.3) is 0 Å². The van der Waals surface area contributed by atoms with Crippen molar-refractivity contribution in [3.8, 4) is 0 Å². The third kappa shape index (κ3) is 3.21. The number of carbonyl (C=O) groups excluding carboxylic acids is 2. The van der Waals surface area contributed by atoms with E-state index < -0.39 is 34.3 Å². The third-order valence-electron chi connectivity index (χ3n) is 12.6. The number of para-hydroxylation sites is 1. The highest BCUT2D eigenvalue weighted by Crippen LogP contribution is 2.79. The maximum absolute atomic E-state index is 14.0. The first-order chi connectivity index (χ1) is 20.1. The molecule has 42 heavy (non-hydrogen) atoms. The first kappa shape index (κ1) is 28.7. The Morgan fingerprint density at radius 3 is 2.50 bits per heavy atom. The molecule has 230 valence electrons. The molecule has 3 N–H and O–H groups in total. The van der Waals surface area contributed by atoms with Crippen LogP contribution in [0.15, 0.2) is 24.3 Å². The number of piperidine rings is 1. The average Bonchev–Trinajstić information content (AvgIpc) is 3.39. The van der Waals surface area contributed by atoms with Crippen LogP contribution in [0.4, 0.5) is 5.69 Å². The molecule has 5 aliphatic carbocycles. The molecule has 10 heteroatoms. The van der Waals surface area contributed by atoms with Crippen molar-refractivity contribution < 1.29 is 38.7 Å². The highest BCUT2D eigenvalue weighted by molar-refractivity contribution is 6.00. The molecular formula is C32H44N2O8. The van der Waals surface area contributed by atoms with Gasteiger partial charge in [0.1, 0.15) is 16.8 Å². The van der Waals surface area contributed by atoms with Gasteiger partial charge in [-0.1, -0.05) is 19.1 Å². The van der Waals surface area contributed by atoms with Crippen LogP contribution >= 0.6 is 0 Å². The van der Waals surface area contributed by atoms with E-state index in [0.29, 0.717) is 56.4 Å². The minimum absolute atomic E-state index is 0.0432. The van der Waals surface area contributed by atoms with Gasteiger partial charge in [0.05, 0.1) is 29.6 Å². The number of aliphatic hydroxyl groups is 2. The number of likely N-dealkylation sites (tertiary alicyclic amines) is 1. The Morgan fingerprint density at radius 2 is 1.83 bits per heavy atom. The van der Waals surface area contributed by atoms with Crippen molar-refractivity contribution in [1.29, 1.82) is 0 Å². The fourth-order valence-electron chi connectivity index (χ4n) is 11.6. The second-order valence-electron chi connectivity index (χ2n) is 13.7. The van der Waals surface area contributed by atoms with E-state index in [1.807, 2.05) is 0 Å². The van der Waals surface area contributed by atoms with E-state index in [1.54, 1.807) is 45.6 Å². The molecule has 1 amide bonds. The Labute approximate surface area is 247 Å². The molecule has 1 aromatic carbocycles. The molecule has 0 radical (unpaired) electrons. The monoisotopic (exact) mass is 584 g/mol. The smallest absolute Gasteiger partial charge is 0.340 e. The van der Waals surface area contributed by atoms with Gasteiger partial charge in [-0.2, -0.15) is 0 Å². The second-order valence-corrected chi connectivity index (χ2v) is 13.7. The number of rotatable bonds is 7. The fourth-order valence-corrected chi connectivity index (χ4v) is 11.6. The molecule has 0 aromatic heterocycles. The summed E-state index contributed by atoms with van der Waals surface area (Å²) in [6.07, 6.45) is 1.91. The van der Waals surface area contributed by atoms with Gasteiger partial charge in [-0.15, -0.1) is 0 Å². The zero-order chi connectivity index (χ0) is 29.8. The summed E-state index contributed by atoms with van der Waals surface area (Å²) in [5.74, 6) is -1.54. The topological polar surface area (TPSA) is 127 Å². The zero-order valence-corrected chi connectivity index (χ0v) is 25.2. The summed E-state index contributed by atoms with van der Waals surface area (Å²) in [6.45, 7) is 4.79. The van der Waals surface area contributed by atoms with Gasteiger partial charge in [0.2, 0.25) is 5.91 Å². The molecule has 7 bridgehead atoms. The molecule has 1 aromatic rings. The van der Waals surface area contributed by atoms with Crippen LogP contribution < -0.4 is 5.32 Å². The van der Waals surface area contributed by atoms with E-state index in [9.17, 15) is 19.8 Å². The summed E-state index contributed by atoms with van der Waals surface area (Å²) < 4.78 is 25.1. The van der Waals surface area contributed by atoms with Crippen LogP contribution in [-0.4, -0.2) is 103 Å². The normalized spacial score (nSPS) is 48.2. The molecule has 1 aliphatic heterocycles. The Balaban J connectivity index is 1.38. The second kappa shape index (κ2) is 9.46. The zero-order valence-electron chi connectivity index (χ0n) is 25.2. The lowest BCUT2D eigenvalue weighted by Gasteiger charge is -2.70. The number of hydrogen-bond donors (Lipinski definition) is 3. The van der Waals surface area contributed by atoms with Crippen LogP contribution in [0, 0.1) is 29.1 Å². The number of ether oxygens (including phenoxy) is 4. The summed E-state index contributed by atoms with van der Waals surface area (Å²) >= 11 is 0. The number of nitrogens with zero attached hydrogens (tertiary/aromatic N) is 1. The molecule has 12 atom stereocenters. The molecule has 7 unspecified atom stereocenters. The maximum Gasteiger partial charge on any atom is 0.340 e. The first-order valence-corrected chi connectivity index (χ1v) is 15.4. The Hall–Kier alpha value is -2.08. The van der Waals surface area contributed by atoms with Crippen molar-refractivity contribution in [2.24, 2.45) is 29.1 Å². The van der Waals surface area contributed by atoms with Crippen molar-refractivity contribution in [3.63, 3.8) is 0 Å². The van der Waals surface area contributed by atoms with Gasteiger partial charge in [0.15, 0.2) is 0 Å². The van der Waals surface area contributed by atoms with E-state index >= 15 is 0 Å². The lowest BCUT2D eigenvalue weighted by molar-refractivity contribution is -0.337. The van der Waals surface area contributed by atoms with E-state index in [-0.39, 0.29) is 47.8 Å². The van der Waals surface area contributed by atoms with Crippen molar-refractivity contribution in [1.82, 2.24) is 4.90 Å². The van der Waals surface area contributed by atoms with Crippen LogP contribution in [0.1, 0.15) is 56.3 Å². The first-order valence-electron chi connectivity index (χ1n) is 15.4. The van der Waals surface area contributed by atoms with Crippen molar-refractivity contribution in [3.05, 3.63) is 29.8 Å². The van der Waals surface area contributed by atoms with Crippen LogP contribution in [0.25, 0.3) is 0 Å². The number of hydrogen-bond acceptors (Lipinski definition) is 9. The number of methoxy groups -OCH3 is 3. The SMILES string of the molecule is CCN1C[C@]2(OC(=O)c3ccccc3NC(C)=O)CCC(OC)C34C2CC([C@H]13)[C@@]1(O)CC(OC)C2CC4[C@@]1(O)[C@H]2OC. The van der Waals surface area contributed by atoms with E-state index in [2.05, 4.69) is 17.1 Å². The van der Waals surface area contributed by atoms with Gasteiger partial charge in [-0.25, -0.2) is 4.79 Å². The van der Waals surface area contributed by atoms with Crippen molar-refractivity contribution in [2.45, 2.75) is 87.1 Å². The molecule has 1 spiro atoms. The van der Waals surface area contributed by atoms with Gasteiger partial charge in [0, 0.05) is 76.3 Å². The predicted octanol–water partition coefficient (Wildman–Crippen LogP) is 2.22. The summed E-state index contributed by atoms with van der Waals surface area (Å²) in [5.41, 5.74) is -3.57. The van der Waals surface area contributed by atoms with Gasteiger partial charge in [-0.3, -0.25) is 9.69 Å². The third-order valence-corrected chi connectivity index (χ3v) is 12.6. The molecule has 5 saturated carbocycles. The van der Waals surface area contributed by atoms with E-state index in [0.717, 1.165) is 0 Å². The summed E-state index contributed by atoms with van der Waals surface area (Å²) in [4.78, 5) is 28.3. The van der Waals surface area contributed by atoms with Gasteiger partial charge >= 0.3 is 5.97 Å². The van der Waals surface area contributed by atoms with Crippen LogP contribution in [0.5, 0.6) is 0 Å². The lowest BCUT2D eigenvalue weighted by Crippen LogP contribution is -2.83. The minimum Gasteiger partial charge on any atom is -0.454 e. The largest absolute Gasteiger partial charge is 0.454 e. The van der Waals surface area contributed by atoms with Crippen LogP contribution in [-0.2, 0) is 23.7 Å². The summed E-state index contributed by atoms with van der Waals surface area (Å²) in [6, 6.07) is 6.89. The quantitative estimate of drug-likeness (QED) is 0.414. The summed E-state index contributed by atoms with van der Waals surface area (Å²) in [5, 5.41) is 28.4. The molecule has 7 rings (SSSR count). The number of carbonyl (C=O) groups is 2. The number of nitrogens with one attached hydrogen (secondary N) is 1. The van der Waals surface area contributed by atoms with Crippen LogP contribution in [0.3, 0.4) is 0 Å².